The van der Waals surface area contributed by atoms with Gasteiger partial charge in [-0.05, 0) is 30.7 Å². The summed E-state index contributed by atoms with van der Waals surface area (Å²) in [4.78, 5) is 4.47. The number of hydrogen-bond acceptors (Lipinski definition) is 7. The topological polar surface area (TPSA) is 88.1 Å². The highest BCUT2D eigenvalue weighted by Gasteiger charge is 2.20. The van der Waals surface area contributed by atoms with E-state index in [0.717, 1.165) is 16.8 Å². The molecule has 5 rings (SSSR count). The second-order valence-corrected chi connectivity index (χ2v) is 6.16. The van der Waals surface area contributed by atoms with E-state index in [4.69, 9.17) is 14.0 Å². The van der Waals surface area contributed by atoms with Crippen molar-refractivity contribution < 1.29 is 14.0 Å². The van der Waals surface area contributed by atoms with Crippen LogP contribution in [0.5, 0.6) is 11.5 Å². The summed E-state index contributed by atoms with van der Waals surface area (Å²) in [6.07, 6.45) is 0. The van der Waals surface area contributed by atoms with Crippen LogP contribution in [-0.4, -0.2) is 31.9 Å². The Hall–Kier alpha value is -3.68. The zero-order valence-corrected chi connectivity index (χ0v) is 14.5. The molecular formula is C19H15N5O3. The summed E-state index contributed by atoms with van der Waals surface area (Å²) in [6, 6.07) is 15.6. The number of ether oxygens (including phenoxy) is 2. The van der Waals surface area contributed by atoms with Crippen LogP contribution < -0.4 is 9.47 Å². The normalized spacial score (nSPS) is 12.5. The van der Waals surface area contributed by atoms with Crippen LogP contribution in [0, 0.1) is 6.92 Å². The molecule has 0 N–H and O–H groups in total. The van der Waals surface area contributed by atoms with E-state index in [9.17, 15) is 0 Å². The molecule has 0 aliphatic carbocycles. The van der Waals surface area contributed by atoms with E-state index in [2.05, 4.69) is 20.5 Å². The highest BCUT2D eigenvalue weighted by atomic mass is 16.7. The van der Waals surface area contributed by atoms with Gasteiger partial charge in [0.15, 0.2) is 17.2 Å². The minimum atomic E-state index is 0.220. The fourth-order valence-corrected chi connectivity index (χ4v) is 2.94. The Morgan fingerprint density at radius 3 is 2.78 bits per heavy atom. The Morgan fingerprint density at radius 2 is 1.89 bits per heavy atom. The lowest BCUT2D eigenvalue weighted by atomic mass is 10.2. The standard InChI is InChI=1S/C19H15N5O3/c1-12-17(21-23-24(12)10-13-5-3-2-4-6-13)18-20-19(27-22-18)14-7-8-15-16(9-14)26-11-25-15/h2-9H,10-11H2,1H3. The van der Waals surface area contributed by atoms with E-state index in [1.807, 2.05) is 60.1 Å². The first kappa shape index (κ1) is 15.6. The summed E-state index contributed by atoms with van der Waals surface area (Å²) in [5.41, 5.74) is 3.37. The van der Waals surface area contributed by atoms with Crippen LogP contribution in [-0.2, 0) is 6.54 Å². The largest absolute Gasteiger partial charge is 0.454 e. The van der Waals surface area contributed by atoms with Crippen LogP contribution in [0.4, 0.5) is 0 Å². The molecule has 3 heterocycles. The third kappa shape index (κ3) is 2.80. The predicted octanol–water partition coefficient (Wildman–Crippen LogP) is 3.08. The van der Waals surface area contributed by atoms with Crippen molar-refractivity contribution in [2.24, 2.45) is 0 Å². The van der Waals surface area contributed by atoms with Gasteiger partial charge >= 0.3 is 0 Å². The summed E-state index contributed by atoms with van der Waals surface area (Å²) in [5.74, 6) is 2.16. The molecule has 0 saturated heterocycles. The van der Waals surface area contributed by atoms with Gasteiger partial charge in [0.05, 0.1) is 12.2 Å². The lowest BCUT2D eigenvalue weighted by molar-refractivity contribution is 0.174. The Balaban J connectivity index is 1.43. The Morgan fingerprint density at radius 1 is 1.04 bits per heavy atom. The number of benzene rings is 2. The van der Waals surface area contributed by atoms with E-state index in [0.29, 0.717) is 35.5 Å². The first-order valence-corrected chi connectivity index (χ1v) is 8.46. The van der Waals surface area contributed by atoms with Crippen molar-refractivity contribution in [3.63, 3.8) is 0 Å². The van der Waals surface area contributed by atoms with Crippen molar-refractivity contribution in [2.45, 2.75) is 13.5 Å². The molecule has 2 aromatic carbocycles. The van der Waals surface area contributed by atoms with E-state index in [1.165, 1.54) is 0 Å². The Labute approximate surface area is 154 Å². The lowest BCUT2D eigenvalue weighted by Crippen LogP contribution is -2.03. The molecule has 0 spiro atoms. The van der Waals surface area contributed by atoms with Crippen LogP contribution in [0.1, 0.15) is 11.3 Å². The summed E-state index contributed by atoms with van der Waals surface area (Å²) in [5, 5.41) is 12.5. The summed E-state index contributed by atoms with van der Waals surface area (Å²) in [7, 11) is 0. The molecule has 8 heteroatoms. The molecule has 1 aliphatic heterocycles. The predicted molar refractivity (Wildman–Crippen MR) is 95.2 cm³/mol. The van der Waals surface area contributed by atoms with Crippen molar-refractivity contribution >= 4 is 0 Å². The molecule has 8 nitrogen and oxygen atoms in total. The van der Waals surface area contributed by atoms with Crippen LogP contribution in [0.3, 0.4) is 0 Å². The smallest absolute Gasteiger partial charge is 0.258 e. The number of fused-ring (bicyclic) bond motifs is 1. The van der Waals surface area contributed by atoms with E-state index < -0.39 is 0 Å². The molecule has 1 aliphatic rings. The molecule has 0 unspecified atom stereocenters. The van der Waals surface area contributed by atoms with Crippen molar-refractivity contribution in [2.75, 3.05) is 6.79 Å². The van der Waals surface area contributed by atoms with Gasteiger partial charge in [-0.2, -0.15) is 4.98 Å². The highest BCUT2D eigenvalue weighted by Crippen LogP contribution is 2.35. The zero-order valence-electron chi connectivity index (χ0n) is 14.5. The molecule has 0 atom stereocenters. The van der Waals surface area contributed by atoms with Crippen molar-refractivity contribution in [1.29, 1.82) is 0 Å². The molecule has 0 amide bonds. The maximum Gasteiger partial charge on any atom is 0.258 e. The summed E-state index contributed by atoms with van der Waals surface area (Å²) < 4.78 is 17.9. The van der Waals surface area contributed by atoms with Crippen molar-refractivity contribution in [1.82, 2.24) is 25.1 Å². The summed E-state index contributed by atoms with van der Waals surface area (Å²) >= 11 is 0. The lowest BCUT2D eigenvalue weighted by Gasteiger charge is -2.02. The number of aromatic nitrogens is 5. The second-order valence-electron chi connectivity index (χ2n) is 6.16. The number of hydrogen-bond donors (Lipinski definition) is 0. The first-order chi connectivity index (χ1) is 13.3. The monoisotopic (exact) mass is 361 g/mol. The highest BCUT2D eigenvalue weighted by molar-refractivity contribution is 5.62. The molecule has 4 aromatic rings. The molecule has 0 saturated carbocycles. The SMILES string of the molecule is Cc1c(-c2noc(-c3ccc4c(c3)OCO4)n2)nnn1Cc1ccccc1. The van der Waals surface area contributed by atoms with E-state index in [1.54, 1.807) is 0 Å². The van der Waals surface area contributed by atoms with Crippen LogP contribution in [0.2, 0.25) is 0 Å². The van der Waals surface area contributed by atoms with E-state index in [-0.39, 0.29) is 6.79 Å². The Kier molecular flexibility index (Phi) is 3.60. The van der Waals surface area contributed by atoms with Gasteiger partial charge in [0.1, 0.15) is 0 Å². The van der Waals surface area contributed by atoms with Crippen molar-refractivity contribution in [3.05, 3.63) is 59.8 Å². The molecule has 0 radical (unpaired) electrons. The number of rotatable bonds is 4. The first-order valence-electron chi connectivity index (χ1n) is 8.46. The van der Waals surface area contributed by atoms with Crippen LogP contribution in [0.15, 0.2) is 53.1 Å². The molecule has 27 heavy (non-hydrogen) atoms. The molecule has 2 aromatic heterocycles. The van der Waals surface area contributed by atoms with Gasteiger partial charge in [-0.1, -0.05) is 40.7 Å². The minimum Gasteiger partial charge on any atom is -0.454 e. The number of nitrogens with zero attached hydrogens (tertiary/aromatic N) is 5. The average Bonchev–Trinajstić information content (AvgIpc) is 3.42. The van der Waals surface area contributed by atoms with Gasteiger partial charge < -0.3 is 14.0 Å². The average molecular weight is 361 g/mol. The van der Waals surface area contributed by atoms with Crippen molar-refractivity contribution in [3.8, 4) is 34.5 Å². The van der Waals surface area contributed by atoms with Gasteiger partial charge in [0.2, 0.25) is 12.6 Å². The second kappa shape index (κ2) is 6.24. The maximum absolute atomic E-state index is 5.41. The van der Waals surface area contributed by atoms with Gasteiger partial charge in [0.25, 0.3) is 5.89 Å². The molecule has 0 bridgehead atoms. The van der Waals surface area contributed by atoms with Gasteiger partial charge in [-0.25, -0.2) is 4.68 Å². The fraction of sp³-hybridized carbons (Fsp3) is 0.158. The third-order valence-electron chi connectivity index (χ3n) is 4.42. The van der Waals surface area contributed by atoms with E-state index >= 15 is 0 Å². The third-order valence-corrected chi connectivity index (χ3v) is 4.42. The summed E-state index contributed by atoms with van der Waals surface area (Å²) in [6.45, 7) is 2.79. The fourth-order valence-electron chi connectivity index (χ4n) is 2.94. The van der Waals surface area contributed by atoms with Gasteiger partial charge in [-0.15, -0.1) is 5.10 Å². The van der Waals surface area contributed by atoms with Gasteiger partial charge in [0, 0.05) is 5.56 Å². The quantitative estimate of drug-likeness (QED) is 0.552. The maximum atomic E-state index is 5.41. The molecule has 0 fully saturated rings. The minimum absolute atomic E-state index is 0.220. The van der Waals surface area contributed by atoms with Gasteiger partial charge in [-0.3, -0.25) is 0 Å². The molecule has 134 valence electrons. The zero-order chi connectivity index (χ0) is 18.2. The molecular weight excluding hydrogens is 346 g/mol. The van der Waals surface area contributed by atoms with Crippen LogP contribution in [0.25, 0.3) is 23.0 Å². The van der Waals surface area contributed by atoms with Crippen LogP contribution >= 0.6 is 0 Å². The Bertz CT molecular complexity index is 1100.